The molecule has 0 aliphatic heterocycles. The molecule has 0 saturated carbocycles. The van der Waals surface area contributed by atoms with Gasteiger partial charge in [0.05, 0.1) is 0 Å². The summed E-state index contributed by atoms with van der Waals surface area (Å²) in [5.74, 6) is -2.58. The van der Waals surface area contributed by atoms with Crippen molar-refractivity contribution in [1.82, 2.24) is 0 Å². The Morgan fingerprint density at radius 2 is 1.55 bits per heavy atom. The number of carbonyl (C=O) groups excluding carboxylic acids is 2. The Morgan fingerprint density at radius 3 is 2.09 bits per heavy atom. The van der Waals surface area contributed by atoms with Gasteiger partial charge in [-0.05, 0) is 29.4 Å². The van der Waals surface area contributed by atoms with Crippen LogP contribution in [0.2, 0.25) is 0 Å². The van der Waals surface area contributed by atoms with Crippen molar-refractivity contribution >= 4 is 11.6 Å². The monoisotopic (exact) mass is 300 g/mol. The summed E-state index contributed by atoms with van der Waals surface area (Å²) in [5.41, 5.74) is 2.26. The molecule has 1 aromatic rings. The lowest BCUT2D eigenvalue weighted by Crippen LogP contribution is -2.19. The highest BCUT2D eigenvalue weighted by Gasteiger charge is 2.27. The van der Waals surface area contributed by atoms with Crippen molar-refractivity contribution in [3.8, 4) is 0 Å². The highest BCUT2D eigenvalue weighted by Crippen LogP contribution is 2.24. The molecule has 0 unspecified atom stereocenters. The number of hydrogen-bond donors (Lipinski definition) is 2. The molecule has 1 aromatic carbocycles. The third-order valence-corrected chi connectivity index (χ3v) is 3.78. The first-order chi connectivity index (χ1) is 10.2. The number of aliphatic hydroxyl groups excluding tert-OH is 2. The number of Topliss-reactive ketones (excluding diaryl/α,β-unsaturated/α-hetero) is 1. The molecule has 2 rings (SSSR count). The molecule has 0 fully saturated rings. The zero-order valence-corrected chi connectivity index (χ0v) is 13.0. The molecule has 22 heavy (non-hydrogen) atoms. The summed E-state index contributed by atoms with van der Waals surface area (Å²) in [4.78, 5) is 23.2. The van der Waals surface area contributed by atoms with Crippen molar-refractivity contribution in [2.24, 2.45) is 0 Å². The predicted octanol–water partition coefficient (Wildman–Crippen LogP) is 3.32. The largest absolute Gasteiger partial charge is 0.504 e. The van der Waals surface area contributed by atoms with Gasteiger partial charge in [-0.3, -0.25) is 9.59 Å². The molecule has 4 nitrogen and oxygen atoms in total. The average Bonchev–Trinajstić information content (AvgIpc) is 2.45. The van der Waals surface area contributed by atoms with Crippen LogP contribution in [-0.4, -0.2) is 21.8 Å². The number of carbonyl (C=O) groups is 2. The first kappa shape index (κ1) is 16.0. The molecule has 0 atom stereocenters. The maximum atomic E-state index is 11.8. The number of allylic oxidation sites excluding steroid dienone is 2. The van der Waals surface area contributed by atoms with Crippen molar-refractivity contribution in [1.29, 1.82) is 0 Å². The van der Waals surface area contributed by atoms with Gasteiger partial charge in [-0.15, -0.1) is 0 Å². The first-order valence-corrected chi connectivity index (χ1v) is 7.21. The molecule has 1 aliphatic rings. The molecule has 1 aliphatic carbocycles. The van der Waals surface area contributed by atoms with Gasteiger partial charge in [0.2, 0.25) is 11.6 Å². The number of rotatable bonds is 3. The quantitative estimate of drug-likeness (QED) is 0.840. The molecule has 0 spiro atoms. The Labute approximate surface area is 129 Å². The maximum absolute atomic E-state index is 11.8. The lowest BCUT2D eigenvalue weighted by Gasteiger charge is -2.19. The van der Waals surface area contributed by atoms with E-state index in [0.29, 0.717) is 6.42 Å². The zero-order valence-electron chi connectivity index (χ0n) is 13.0. The van der Waals surface area contributed by atoms with E-state index < -0.39 is 23.1 Å². The van der Waals surface area contributed by atoms with Crippen molar-refractivity contribution in [3.63, 3.8) is 0 Å². The Balaban J connectivity index is 2.12. The summed E-state index contributed by atoms with van der Waals surface area (Å²) in [5, 5.41) is 19.1. The van der Waals surface area contributed by atoms with Crippen LogP contribution in [0, 0.1) is 0 Å². The van der Waals surface area contributed by atoms with Gasteiger partial charge in [-0.25, -0.2) is 0 Å². The third-order valence-electron chi connectivity index (χ3n) is 3.78. The second-order valence-electron chi connectivity index (χ2n) is 6.50. The smallest absolute Gasteiger partial charge is 0.227 e. The highest BCUT2D eigenvalue weighted by molar-refractivity contribution is 6.20. The molecule has 0 heterocycles. The number of benzene rings is 1. The third kappa shape index (κ3) is 3.27. The summed E-state index contributed by atoms with van der Waals surface area (Å²) < 4.78 is 0. The van der Waals surface area contributed by atoms with Crippen LogP contribution in [0.1, 0.15) is 38.3 Å². The lowest BCUT2D eigenvalue weighted by atomic mass is 9.86. The van der Waals surface area contributed by atoms with Gasteiger partial charge in [-0.2, -0.15) is 0 Å². The van der Waals surface area contributed by atoms with E-state index in [-0.39, 0.29) is 17.4 Å². The van der Waals surface area contributed by atoms with E-state index >= 15 is 0 Å². The topological polar surface area (TPSA) is 74.6 Å². The van der Waals surface area contributed by atoms with E-state index in [2.05, 4.69) is 20.8 Å². The predicted molar refractivity (Wildman–Crippen MR) is 83.8 cm³/mol. The van der Waals surface area contributed by atoms with Crippen LogP contribution in [0.25, 0.3) is 0 Å². The van der Waals surface area contributed by atoms with Crippen molar-refractivity contribution in [3.05, 3.63) is 58.6 Å². The van der Waals surface area contributed by atoms with Crippen LogP contribution in [-0.2, 0) is 21.4 Å². The minimum absolute atomic E-state index is 0.0232. The Morgan fingerprint density at radius 1 is 0.955 bits per heavy atom. The van der Waals surface area contributed by atoms with E-state index in [1.165, 1.54) is 5.56 Å². The van der Waals surface area contributed by atoms with Crippen LogP contribution in [0.5, 0.6) is 0 Å². The maximum Gasteiger partial charge on any atom is 0.227 e. The van der Waals surface area contributed by atoms with Crippen LogP contribution in [0.3, 0.4) is 0 Å². The van der Waals surface area contributed by atoms with E-state index in [4.69, 9.17) is 0 Å². The zero-order chi connectivity index (χ0) is 16.5. The second-order valence-corrected chi connectivity index (χ2v) is 6.50. The van der Waals surface area contributed by atoms with Gasteiger partial charge in [0.25, 0.3) is 0 Å². The molecule has 116 valence electrons. The van der Waals surface area contributed by atoms with E-state index in [1.54, 1.807) is 0 Å². The van der Waals surface area contributed by atoms with E-state index in [9.17, 15) is 19.8 Å². The summed E-state index contributed by atoms with van der Waals surface area (Å²) in [6, 6.07) is 8.02. The lowest BCUT2D eigenvalue weighted by molar-refractivity contribution is -0.119. The molecule has 0 radical (unpaired) electrons. The van der Waals surface area contributed by atoms with Gasteiger partial charge in [-0.1, -0.05) is 45.0 Å². The minimum Gasteiger partial charge on any atom is -0.504 e. The Kier molecular flexibility index (Phi) is 4.22. The molecule has 0 amide bonds. The molecule has 0 aromatic heterocycles. The second kappa shape index (κ2) is 5.79. The van der Waals surface area contributed by atoms with Crippen molar-refractivity contribution < 1.29 is 19.8 Å². The van der Waals surface area contributed by atoms with Crippen LogP contribution in [0.15, 0.2) is 47.4 Å². The normalized spacial score (nSPS) is 16.0. The van der Waals surface area contributed by atoms with E-state index in [1.807, 2.05) is 24.3 Å². The molecule has 0 saturated heterocycles. The van der Waals surface area contributed by atoms with Crippen LogP contribution < -0.4 is 0 Å². The highest BCUT2D eigenvalue weighted by atomic mass is 16.3. The molecular formula is C18H20O4. The molecule has 4 heteroatoms. The summed E-state index contributed by atoms with van der Waals surface area (Å²) >= 11 is 0. The van der Waals surface area contributed by atoms with Crippen molar-refractivity contribution in [2.45, 2.75) is 39.0 Å². The fraction of sp³-hybridized carbons (Fsp3) is 0.333. The first-order valence-electron chi connectivity index (χ1n) is 7.21. The van der Waals surface area contributed by atoms with Gasteiger partial charge in [0.15, 0.2) is 11.5 Å². The number of aliphatic hydroxyl groups is 2. The van der Waals surface area contributed by atoms with Gasteiger partial charge >= 0.3 is 0 Å². The molecule has 0 bridgehead atoms. The van der Waals surface area contributed by atoms with Gasteiger partial charge in [0, 0.05) is 11.6 Å². The van der Waals surface area contributed by atoms with Crippen molar-refractivity contribution in [2.75, 3.05) is 0 Å². The number of aryl methyl sites for hydroxylation is 1. The van der Waals surface area contributed by atoms with E-state index in [0.717, 1.165) is 11.6 Å². The van der Waals surface area contributed by atoms with Crippen LogP contribution in [0.4, 0.5) is 0 Å². The fourth-order valence-corrected chi connectivity index (χ4v) is 2.34. The average molecular weight is 300 g/mol. The molecular weight excluding hydrogens is 280 g/mol. The summed E-state index contributed by atoms with van der Waals surface area (Å²) in [6.45, 7) is 6.39. The van der Waals surface area contributed by atoms with Crippen LogP contribution >= 0.6 is 0 Å². The minimum atomic E-state index is -0.727. The summed E-state index contributed by atoms with van der Waals surface area (Å²) in [6.07, 6.45) is 1.47. The Hall–Kier alpha value is -2.36. The fourth-order valence-electron chi connectivity index (χ4n) is 2.34. The summed E-state index contributed by atoms with van der Waals surface area (Å²) in [7, 11) is 0. The SMILES string of the molecule is CC(C)(C)c1ccc(CCC2=C(O)C(=O)C=C(O)C2=O)cc1. The number of hydrogen-bond acceptors (Lipinski definition) is 4. The number of ketones is 2. The Bertz CT molecular complexity index is 670. The molecule has 2 N–H and O–H groups in total. The van der Waals surface area contributed by atoms with Gasteiger partial charge in [0.1, 0.15) is 0 Å². The van der Waals surface area contributed by atoms with Gasteiger partial charge < -0.3 is 10.2 Å². The standard InChI is InChI=1S/C18H20O4/c1-18(2,3)12-7-4-11(5-8-12)6-9-13-16(21)14(19)10-15(20)17(13)22/h4-5,7-8,10,19,22H,6,9H2,1-3H3.